The molecule has 0 aliphatic carbocycles. The summed E-state index contributed by atoms with van der Waals surface area (Å²) in [4.78, 5) is 30.7. The van der Waals surface area contributed by atoms with Crippen LogP contribution in [0.4, 0.5) is 14.5 Å². The van der Waals surface area contributed by atoms with Crippen LogP contribution in [-0.2, 0) is 10.4 Å². The number of aliphatic hydroxyl groups is 1. The number of alkyl halides is 2. The fourth-order valence-electron chi connectivity index (χ4n) is 5.40. The lowest BCUT2D eigenvalue weighted by Gasteiger charge is -2.48. The Morgan fingerprint density at radius 3 is 2.31 bits per heavy atom. The van der Waals surface area contributed by atoms with Crippen molar-refractivity contribution >= 4 is 54.2 Å². The van der Waals surface area contributed by atoms with E-state index in [1.807, 2.05) is 0 Å². The highest BCUT2D eigenvalue weighted by Gasteiger charge is 2.46. The van der Waals surface area contributed by atoms with E-state index in [4.69, 9.17) is 23.2 Å². The molecule has 3 fully saturated rings. The third-order valence-corrected chi connectivity index (χ3v) is 8.23. The highest BCUT2D eigenvalue weighted by molar-refractivity contribution is 7.59. The first-order valence-electron chi connectivity index (χ1n) is 12.7. The molecule has 0 aromatic heterocycles. The average Bonchev–Trinajstić information content (AvgIpc) is 2.84. The number of hydrogen-bond acceptors (Lipinski definition) is 5. The summed E-state index contributed by atoms with van der Waals surface area (Å²) in [7, 11) is 0. The minimum atomic E-state index is -2.82. The molecule has 2 aromatic rings. The molecule has 7 nitrogen and oxygen atoms in total. The van der Waals surface area contributed by atoms with E-state index < -0.39 is 30.5 Å². The summed E-state index contributed by atoms with van der Waals surface area (Å²) in [6, 6.07) is 12.3. The van der Waals surface area contributed by atoms with E-state index in [-0.39, 0.29) is 36.0 Å². The van der Waals surface area contributed by atoms with Crippen molar-refractivity contribution in [1.29, 1.82) is 0 Å². The van der Waals surface area contributed by atoms with E-state index in [2.05, 4.69) is 10.2 Å². The molecule has 0 radical (unpaired) electrons. The lowest BCUT2D eigenvalue weighted by Crippen LogP contribution is -2.61. The zero-order valence-electron chi connectivity index (χ0n) is 21.5. The van der Waals surface area contributed by atoms with E-state index in [1.165, 1.54) is 6.92 Å². The Morgan fingerprint density at radius 1 is 1.05 bits per heavy atom. The van der Waals surface area contributed by atoms with Crippen LogP contribution in [0.2, 0.25) is 10.0 Å². The highest BCUT2D eigenvalue weighted by atomic mass is 35.5. The maximum absolute atomic E-state index is 13.1. The van der Waals surface area contributed by atoms with Crippen LogP contribution < -0.4 is 5.32 Å². The summed E-state index contributed by atoms with van der Waals surface area (Å²) < 4.78 is 26.2. The van der Waals surface area contributed by atoms with Gasteiger partial charge in [0.1, 0.15) is 0 Å². The molecule has 2 amide bonds. The van der Waals surface area contributed by atoms with Gasteiger partial charge in [0, 0.05) is 42.9 Å². The molecule has 0 spiro atoms. The third kappa shape index (κ3) is 6.30. The number of rotatable bonds is 6. The highest BCUT2D eigenvalue weighted by Crippen LogP contribution is 2.32. The van der Waals surface area contributed by atoms with Gasteiger partial charge in [0.05, 0.1) is 29.7 Å². The molecule has 2 aromatic carbocycles. The summed E-state index contributed by atoms with van der Waals surface area (Å²) in [5.41, 5.74) is -0.161. The van der Waals surface area contributed by atoms with Crippen LogP contribution in [-0.4, -0.2) is 88.9 Å². The van der Waals surface area contributed by atoms with E-state index in [1.54, 1.807) is 47.4 Å². The molecule has 5 rings (SSSR count). The molecule has 2 N–H and O–H groups in total. The SMILES string of the molecule is C[C@@](O)(C(=O)N1CCC(N2CC(Nc3ccc(C(=O)N4CC(F)(F)C4)c(Cl)c3)C2)CC1)c1cccc(Cl)c1.S. The van der Waals surface area contributed by atoms with Crippen molar-refractivity contribution in [2.75, 3.05) is 44.6 Å². The van der Waals surface area contributed by atoms with Crippen LogP contribution in [0.5, 0.6) is 0 Å². The van der Waals surface area contributed by atoms with Gasteiger partial charge in [-0.15, -0.1) is 0 Å². The Morgan fingerprint density at radius 2 is 1.72 bits per heavy atom. The molecule has 12 heteroatoms. The van der Waals surface area contributed by atoms with Gasteiger partial charge in [-0.3, -0.25) is 14.5 Å². The van der Waals surface area contributed by atoms with Crippen molar-refractivity contribution in [1.82, 2.24) is 14.7 Å². The van der Waals surface area contributed by atoms with Crippen molar-refractivity contribution in [3.05, 3.63) is 63.6 Å². The van der Waals surface area contributed by atoms with E-state index >= 15 is 0 Å². The fourth-order valence-corrected chi connectivity index (χ4v) is 5.85. The minimum absolute atomic E-state index is 0. The van der Waals surface area contributed by atoms with Crippen LogP contribution in [0, 0.1) is 0 Å². The second-order valence-corrected chi connectivity index (χ2v) is 11.5. The van der Waals surface area contributed by atoms with Crippen molar-refractivity contribution in [2.45, 2.75) is 43.4 Å². The Bertz CT molecular complexity index is 1230. The number of anilines is 1. The number of nitrogens with zero attached hydrogens (tertiary/aromatic N) is 3. The standard InChI is InChI=1S/C27H30Cl2F2N4O3.H2S/c1-26(38,17-3-2-4-18(28)11-17)25(37)33-9-7-21(8-10-33)34-13-20(14-34)32-19-5-6-22(23(29)12-19)24(36)35-15-27(30,31)16-35;/h2-6,11-12,20-21,32,38H,7-10,13-16H2,1H3;1H2/t26-;/m0./s1. The third-order valence-electron chi connectivity index (χ3n) is 7.68. The van der Waals surface area contributed by atoms with Crippen LogP contribution >= 0.6 is 36.7 Å². The molecule has 0 saturated carbocycles. The first-order valence-corrected chi connectivity index (χ1v) is 13.4. The maximum atomic E-state index is 13.1. The summed E-state index contributed by atoms with van der Waals surface area (Å²) in [5.74, 6) is -3.62. The van der Waals surface area contributed by atoms with E-state index in [9.17, 15) is 23.5 Å². The number of benzene rings is 2. The molecular formula is C27H32Cl2F2N4O3S. The first-order chi connectivity index (χ1) is 17.9. The lowest BCUT2D eigenvalue weighted by atomic mass is 9.92. The summed E-state index contributed by atoms with van der Waals surface area (Å²) in [6.45, 7) is 3.17. The predicted molar refractivity (Wildman–Crippen MR) is 152 cm³/mol. The van der Waals surface area contributed by atoms with Crippen molar-refractivity contribution in [2.24, 2.45) is 0 Å². The number of likely N-dealkylation sites (tertiary alicyclic amines) is 3. The molecule has 1 atom stereocenters. The lowest BCUT2D eigenvalue weighted by molar-refractivity contribution is -0.152. The van der Waals surface area contributed by atoms with Crippen molar-refractivity contribution < 1.29 is 23.5 Å². The fraction of sp³-hybridized carbons (Fsp3) is 0.481. The van der Waals surface area contributed by atoms with Crippen LogP contribution in [0.15, 0.2) is 42.5 Å². The maximum Gasteiger partial charge on any atom is 0.282 e. The Labute approximate surface area is 243 Å². The van der Waals surface area contributed by atoms with Gasteiger partial charge in [-0.1, -0.05) is 35.3 Å². The van der Waals surface area contributed by atoms with Gasteiger partial charge in [-0.2, -0.15) is 13.5 Å². The predicted octanol–water partition coefficient (Wildman–Crippen LogP) is 4.19. The summed E-state index contributed by atoms with van der Waals surface area (Å²) >= 11 is 12.3. The van der Waals surface area contributed by atoms with Gasteiger partial charge in [-0.05, 0) is 55.7 Å². The molecule has 3 saturated heterocycles. The summed E-state index contributed by atoms with van der Waals surface area (Å²) in [5, 5.41) is 15.1. The monoisotopic (exact) mass is 600 g/mol. The summed E-state index contributed by atoms with van der Waals surface area (Å²) in [6.07, 6.45) is 1.64. The molecule has 39 heavy (non-hydrogen) atoms. The molecule has 3 heterocycles. The van der Waals surface area contributed by atoms with Gasteiger partial charge in [0.2, 0.25) is 0 Å². The molecule has 3 aliphatic rings. The number of piperidine rings is 1. The Balaban J connectivity index is 0.00000353. The molecule has 212 valence electrons. The van der Waals surface area contributed by atoms with Crippen LogP contribution in [0.25, 0.3) is 0 Å². The quantitative estimate of drug-likeness (QED) is 0.520. The van der Waals surface area contributed by atoms with Crippen molar-refractivity contribution in [3.63, 3.8) is 0 Å². The number of carbonyl (C=O) groups excluding carboxylic acids is 2. The van der Waals surface area contributed by atoms with Gasteiger partial charge in [0.15, 0.2) is 5.60 Å². The number of halogens is 4. The zero-order valence-corrected chi connectivity index (χ0v) is 24.0. The Kier molecular flexibility index (Phi) is 8.73. The molecule has 0 bridgehead atoms. The Hall–Kier alpha value is -2.11. The van der Waals surface area contributed by atoms with Gasteiger partial charge in [0.25, 0.3) is 17.7 Å². The molecule has 0 unspecified atom stereocenters. The smallest absolute Gasteiger partial charge is 0.282 e. The minimum Gasteiger partial charge on any atom is -0.380 e. The van der Waals surface area contributed by atoms with E-state index in [0.29, 0.717) is 29.7 Å². The zero-order chi connectivity index (χ0) is 27.2. The normalized spacial score (nSPS) is 21.3. The van der Waals surface area contributed by atoms with Gasteiger partial charge >= 0.3 is 0 Å². The van der Waals surface area contributed by atoms with Crippen molar-refractivity contribution in [3.8, 4) is 0 Å². The van der Waals surface area contributed by atoms with E-state index in [0.717, 1.165) is 36.5 Å². The van der Waals surface area contributed by atoms with Gasteiger partial charge in [-0.25, -0.2) is 8.78 Å². The number of carbonyl (C=O) groups is 2. The van der Waals surface area contributed by atoms with Crippen LogP contribution in [0.1, 0.15) is 35.7 Å². The molecular weight excluding hydrogens is 569 g/mol. The topological polar surface area (TPSA) is 76.1 Å². The molecule has 3 aliphatic heterocycles. The number of nitrogens with one attached hydrogen (secondary N) is 1. The number of hydrogen-bond donors (Lipinski definition) is 2. The second-order valence-electron chi connectivity index (χ2n) is 10.6. The largest absolute Gasteiger partial charge is 0.380 e. The average molecular weight is 602 g/mol. The second kappa shape index (κ2) is 11.4. The first kappa shape index (κ1) is 29.9. The van der Waals surface area contributed by atoms with Gasteiger partial charge < -0.3 is 20.2 Å². The van der Waals surface area contributed by atoms with Crippen LogP contribution in [0.3, 0.4) is 0 Å². The number of amides is 2.